The number of phosphoric ester groups is 2. The average Bonchev–Trinajstić information content (AvgIpc) is 2.57. The summed E-state index contributed by atoms with van der Waals surface area (Å²) in [7, 11) is -9.90. The van der Waals surface area contributed by atoms with Gasteiger partial charge in [-0.25, -0.2) is 9.13 Å². The van der Waals surface area contributed by atoms with Gasteiger partial charge in [0.05, 0.1) is 26.4 Å². The molecule has 0 rings (SSSR count). The highest BCUT2D eigenvalue weighted by molar-refractivity contribution is 7.47. The smallest absolute Gasteiger partial charge is 0.462 e. The lowest BCUT2D eigenvalue weighted by Crippen LogP contribution is -2.30. The first-order valence-electron chi connectivity index (χ1n) is 37.4. The molecule has 6 atom stereocenters. The van der Waals surface area contributed by atoms with E-state index in [4.69, 9.17) is 37.0 Å². The molecule has 0 spiro atoms. The molecule has 0 aliphatic heterocycles. The van der Waals surface area contributed by atoms with E-state index in [0.717, 1.165) is 114 Å². The number of rotatable bonds is 70. The van der Waals surface area contributed by atoms with Crippen LogP contribution in [-0.4, -0.2) is 96.7 Å². The number of phosphoric acid groups is 2. The largest absolute Gasteiger partial charge is 0.472 e. The molecule has 19 heteroatoms. The van der Waals surface area contributed by atoms with Crippen LogP contribution in [0.15, 0.2) is 0 Å². The molecular weight excluding hydrogens is 1200 g/mol. The van der Waals surface area contributed by atoms with Crippen LogP contribution in [-0.2, 0) is 65.4 Å². The zero-order valence-electron chi connectivity index (χ0n) is 59.3. The van der Waals surface area contributed by atoms with Crippen molar-refractivity contribution in [1.82, 2.24) is 0 Å². The lowest BCUT2D eigenvalue weighted by Gasteiger charge is -2.21. The molecule has 0 aliphatic rings. The monoisotopic (exact) mass is 1340 g/mol. The van der Waals surface area contributed by atoms with Gasteiger partial charge in [0, 0.05) is 25.7 Å². The third kappa shape index (κ3) is 65.1. The second-order valence-electron chi connectivity index (χ2n) is 27.2. The average molecular weight is 1340 g/mol. The van der Waals surface area contributed by atoms with Crippen LogP contribution in [0.4, 0.5) is 0 Å². The van der Waals surface area contributed by atoms with Crippen molar-refractivity contribution in [3.63, 3.8) is 0 Å². The zero-order valence-corrected chi connectivity index (χ0v) is 61.1. The Bertz CT molecular complexity index is 1790. The molecule has 91 heavy (non-hydrogen) atoms. The van der Waals surface area contributed by atoms with Gasteiger partial charge in [0.2, 0.25) is 0 Å². The Hall–Kier alpha value is -1.94. The van der Waals surface area contributed by atoms with Crippen LogP contribution in [0.2, 0.25) is 0 Å². The van der Waals surface area contributed by atoms with Crippen molar-refractivity contribution in [2.75, 3.05) is 39.6 Å². The lowest BCUT2D eigenvalue weighted by molar-refractivity contribution is -0.161. The SMILES string of the molecule is CCCCCCCCCCCCCCCCCCCCCC(=O)O[C@H](COC(=O)CCCCCCCCCCC(C)C)COP(=O)(O)OC[C@@H](O)COP(=O)(O)OC[C@@H](COC(=O)CCCCCCCCC(C)CC)OC(=O)CCCCCCCCCCC(C)C. The minimum Gasteiger partial charge on any atom is -0.462 e. The fourth-order valence-corrected chi connectivity index (χ4v) is 12.4. The van der Waals surface area contributed by atoms with E-state index in [1.807, 2.05) is 0 Å². The molecule has 17 nitrogen and oxygen atoms in total. The van der Waals surface area contributed by atoms with Crippen molar-refractivity contribution in [3.8, 4) is 0 Å². The molecule has 0 aromatic heterocycles. The van der Waals surface area contributed by atoms with Gasteiger partial charge in [-0.15, -0.1) is 0 Å². The topological polar surface area (TPSA) is 237 Å². The first kappa shape index (κ1) is 89.1. The molecule has 0 amide bonds. The molecule has 3 N–H and O–H groups in total. The second-order valence-corrected chi connectivity index (χ2v) is 30.1. The third-order valence-corrected chi connectivity index (χ3v) is 18.9. The van der Waals surface area contributed by atoms with Gasteiger partial charge < -0.3 is 33.8 Å². The molecule has 0 heterocycles. The molecule has 0 bridgehead atoms. The van der Waals surface area contributed by atoms with Gasteiger partial charge in [-0.1, -0.05) is 312 Å². The molecule has 0 saturated heterocycles. The molecule has 0 aromatic rings. The predicted molar refractivity (Wildman–Crippen MR) is 368 cm³/mol. The minimum atomic E-state index is -4.95. The Morgan fingerprint density at radius 3 is 0.835 bits per heavy atom. The Morgan fingerprint density at radius 1 is 0.319 bits per heavy atom. The highest BCUT2D eigenvalue weighted by atomic mass is 31.2. The summed E-state index contributed by atoms with van der Waals surface area (Å²) >= 11 is 0. The van der Waals surface area contributed by atoms with Crippen LogP contribution < -0.4 is 0 Å². The van der Waals surface area contributed by atoms with E-state index in [1.54, 1.807) is 0 Å². The standard InChI is InChI=1S/C72H140O17P2/c1-8-10-11-12-13-14-15-16-17-18-19-20-21-22-23-24-32-41-48-55-71(76)88-67(59-82-69(74)53-46-39-31-27-25-29-36-43-50-63(3)4)61-86-90(78,79)84-57-66(73)58-85-91(80,81)87-62-68(60-83-70(75)54-47-40-35-34-38-45-52-65(7)9-2)89-72(77)56-49-42-33-28-26-30-37-44-51-64(5)6/h63-68,73H,8-62H2,1-7H3,(H,78,79)(H,80,81)/t65?,66-,67-,68-/m1/s1. The van der Waals surface area contributed by atoms with Gasteiger partial charge >= 0.3 is 39.5 Å². The third-order valence-electron chi connectivity index (χ3n) is 17.0. The maximum atomic E-state index is 13.0. The fraction of sp³-hybridized carbons (Fsp3) is 0.944. The van der Waals surface area contributed by atoms with Crippen molar-refractivity contribution < 1.29 is 80.2 Å². The van der Waals surface area contributed by atoms with E-state index < -0.39 is 97.5 Å². The van der Waals surface area contributed by atoms with Gasteiger partial charge in [0.1, 0.15) is 19.3 Å². The van der Waals surface area contributed by atoms with Gasteiger partial charge in [-0.2, -0.15) is 0 Å². The number of hydrogen-bond donors (Lipinski definition) is 3. The Labute approximate surface area is 556 Å². The second kappa shape index (κ2) is 62.8. The predicted octanol–water partition coefficient (Wildman–Crippen LogP) is 20.6. The Kier molecular flexibility index (Phi) is 61.5. The van der Waals surface area contributed by atoms with Crippen LogP contribution in [0, 0.1) is 17.8 Å². The summed E-state index contributed by atoms with van der Waals surface area (Å²) in [6.07, 6.45) is 47.4. The maximum Gasteiger partial charge on any atom is 0.472 e. The van der Waals surface area contributed by atoms with Crippen molar-refractivity contribution in [3.05, 3.63) is 0 Å². The number of carbonyl (C=O) groups excluding carboxylic acids is 4. The first-order chi connectivity index (χ1) is 43.8. The van der Waals surface area contributed by atoms with E-state index in [2.05, 4.69) is 48.5 Å². The Morgan fingerprint density at radius 2 is 0.560 bits per heavy atom. The van der Waals surface area contributed by atoms with Crippen LogP contribution in [0.25, 0.3) is 0 Å². The summed E-state index contributed by atoms with van der Waals surface area (Å²) in [4.78, 5) is 72.6. The van der Waals surface area contributed by atoms with Crippen molar-refractivity contribution >= 4 is 39.5 Å². The van der Waals surface area contributed by atoms with E-state index in [0.29, 0.717) is 25.7 Å². The summed E-state index contributed by atoms with van der Waals surface area (Å²) in [6.45, 7) is 11.7. The molecule has 0 aliphatic carbocycles. The summed E-state index contributed by atoms with van der Waals surface area (Å²) in [5.41, 5.74) is 0. The number of esters is 4. The minimum absolute atomic E-state index is 0.103. The van der Waals surface area contributed by atoms with Gasteiger partial charge in [0.25, 0.3) is 0 Å². The maximum absolute atomic E-state index is 13.0. The number of aliphatic hydroxyl groups excluding tert-OH is 1. The molecule has 0 saturated carbocycles. The van der Waals surface area contributed by atoms with Crippen molar-refractivity contribution in [2.45, 2.75) is 381 Å². The number of hydrogen-bond acceptors (Lipinski definition) is 15. The van der Waals surface area contributed by atoms with Gasteiger partial charge in [0.15, 0.2) is 12.2 Å². The highest BCUT2D eigenvalue weighted by Gasteiger charge is 2.30. The van der Waals surface area contributed by atoms with Crippen LogP contribution in [0.3, 0.4) is 0 Å². The van der Waals surface area contributed by atoms with E-state index in [9.17, 15) is 43.2 Å². The summed E-state index contributed by atoms with van der Waals surface area (Å²) in [6, 6.07) is 0. The summed E-state index contributed by atoms with van der Waals surface area (Å²) in [5, 5.41) is 10.6. The van der Waals surface area contributed by atoms with Crippen LogP contribution in [0.1, 0.15) is 363 Å². The zero-order chi connectivity index (χ0) is 67.3. The van der Waals surface area contributed by atoms with Crippen molar-refractivity contribution in [1.29, 1.82) is 0 Å². The number of ether oxygens (including phenoxy) is 4. The van der Waals surface area contributed by atoms with E-state index in [1.165, 1.54) is 167 Å². The molecular formula is C72H140O17P2. The van der Waals surface area contributed by atoms with Gasteiger partial charge in [-0.05, 0) is 43.4 Å². The van der Waals surface area contributed by atoms with Gasteiger partial charge in [-0.3, -0.25) is 37.3 Å². The highest BCUT2D eigenvalue weighted by Crippen LogP contribution is 2.45. The lowest BCUT2D eigenvalue weighted by atomic mass is 10.00. The summed E-state index contributed by atoms with van der Waals surface area (Å²) < 4.78 is 68.3. The molecule has 0 aromatic carbocycles. The van der Waals surface area contributed by atoms with Crippen LogP contribution >= 0.6 is 15.6 Å². The van der Waals surface area contributed by atoms with Crippen LogP contribution in [0.5, 0.6) is 0 Å². The molecule has 0 radical (unpaired) electrons. The first-order valence-corrected chi connectivity index (χ1v) is 40.4. The van der Waals surface area contributed by atoms with E-state index in [-0.39, 0.29) is 25.7 Å². The molecule has 0 fully saturated rings. The fourth-order valence-electron chi connectivity index (χ4n) is 10.9. The Balaban J connectivity index is 5.21. The number of carbonyl (C=O) groups is 4. The quantitative estimate of drug-likeness (QED) is 0.0222. The molecule has 540 valence electrons. The normalized spacial score (nSPS) is 14.5. The van der Waals surface area contributed by atoms with Crippen molar-refractivity contribution in [2.24, 2.45) is 17.8 Å². The summed E-state index contributed by atoms with van der Waals surface area (Å²) in [5.74, 6) is 0.0475. The number of unbranched alkanes of at least 4 members (excludes halogenated alkanes) is 37. The van der Waals surface area contributed by atoms with E-state index >= 15 is 0 Å². The number of aliphatic hydroxyl groups is 1. The molecule has 3 unspecified atom stereocenters.